The maximum Gasteiger partial charge on any atom is 0.332 e. The molecule has 9 heteroatoms. The Morgan fingerprint density at radius 3 is 2.29 bits per heavy atom. The van der Waals surface area contributed by atoms with Crippen LogP contribution in [0.4, 0.5) is 11.4 Å². The van der Waals surface area contributed by atoms with Gasteiger partial charge in [0.25, 0.3) is 11.5 Å². The minimum atomic E-state index is -0.755. The lowest BCUT2D eigenvalue weighted by atomic mass is 10.2. The van der Waals surface area contributed by atoms with Crippen molar-refractivity contribution in [1.82, 2.24) is 9.13 Å². The second-order valence-corrected chi connectivity index (χ2v) is 8.07. The molecule has 180 valence electrons. The fourth-order valence-electron chi connectivity index (χ4n) is 3.90. The van der Waals surface area contributed by atoms with E-state index in [1.807, 2.05) is 12.1 Å². The normalized spacial score (nSPS) is 11.0. The van der Waals surface area contributed by atoms with E-state index in [0.29, 0.717) is 22.6 Å². The first-order chi connectivity index (χ1) is 16.3. The lowest BCUT2D eigenvalue weighted by Gasteiger charge is -2.27. The van der Waals surface area contributed by atoms with Crippen molar-refractivity contribution in [2.24, 2.45) is 0 Å². The van der Waals surface area contributed by atoms with Crippen molar-refractivity contribution in [3.05, 3.63) is 69.4 Å². The molecule has 0 fully saturated rings. The summed E-state index contributed by atoms with van der Waals surface area (Å²) in [5.74, 6) is -1.25. The zero-order chi connectivity index (χ0) is 24.8. The Balaban J connectivity index is 1.65. The Bertz CT molecular complexity index is 1290. The van der Waals surface area contributed by atoms with E-state index in [-0.39, 0.29) is 6.54 Å². The number of ether oxygens (including phenoxy) is 1. The molecule has 0 aliphatic rings. The molecule has 0 aliphatic carbocycles. The van der Waals surface area contributed by atoms with E-state index in [0.717, 1.165) is 16.8 Å². The van der Waals surface area contributed by atoms with E-state index in [4.69, 9.17) is 4.74 Å². The number of benzene rings is 2. The molecule has 34 heavy (non-hydrogen) atoms. The van der Waals surface area contributed by atoms with Crippen LogP contribution in [0.3, 0.4) is 0 Å². The molecule has 0 radical (unpaired) electrons. The molecule has 1 aromatic heterocycles. The molecule has 3 rings (SSSR count). The highest BCUT2D eigenvalue weighted by atomic mass is 16.5. The van der Waals surface area contributed by atoms with Gasteiger partial charge in [-0.2, -0.15) is 0 Å². The highest BCUT2D eigenvalue weighted by molar-refractivity contribution is 5.93. The van der Waals surface area contributed by atoms with Crippen LogP contribution in [0.15, 0.2) is 58.1 Å². The number of carbonyl (C=O) groups excluding carboxylic acids is 2. The Kier molecular flexibility index (Phi) is 7.88. The quantitative estimate of drug-likeness (QED) is 0.487. The summed E-state index contributed by atoms with van der Waals surface area (Å²) in [4.78, 5) is 52.1. The zero-order valence-corrected chi connectivity index (χ0v) is 19.9. The number of anilines is 2. The molecule has 9 nitrogen and oxygen atoms in total. The van der Waals surface area contributed by atoms with E-state index in [1.54, 1.807) is 43.3 Å². The number of amides is 1. The molecule has 0 spiro atoms. The maximum atomic E-state index is 12.7. The van der Waals surface area contributed by atoms with Crippen molar-refractivity contribution >= 4 is 34.2 Å². The predicted molar refractivity (Wildman–Crippen MR) is 132 cm³/mol. The number of esters is 1. The van der Waals surface area contributed by atoms with Crippen molar-refractivity contribution in [3.8, 4) is 0 Å². The Hall–Kier alpha value is -3.88. The number of rotatable bonds is 9. The number of aromatic nitrogens is 2. The number of nitrogens with one attached hydrogen (secondary N) is 1. The first-order valence-corrected chi connectivity index (χ1v) is 11.3. The van der Waals surface area contributed by atoms with E-state index < -0.39 is 36.3 Å². The Morgan fingerprint density at radius 1 is 1.00 bits per heavy atom. The third kappa shape index (κ3) is 5.36. The molecule has 0 saturated heterocycles. The fraction of sp³-hybridized carbons (Fsp3) is 0.360. The van der Waals surface area contributed by atoms with Crippen LogP contribution in [0.2, 0.25) is 0 Å². The summed E-state index contributed by atoms with van der Waals surface area (Å²) in [6.45, 7) is 8.12. The summed E-state index contributed by atoms with van der Waals surface area (Å²) in [5, 5.41) is 3.02. The van der Waals surface area contributed by atoms with Crippen molar-refractivity contribution < 1.29 is 14.3 Å². The van der Waals surface area contributed by atoms with Crippen molar-refractivity contribution in [3.63, 3.8) is 0 Å². The van der Waals surface area contributed by atoms with Crippen molar-refractivity contribution in [1.29, 1.82) is 0 Å². The highest BCUT2D eigenvalue weighted by Gasteiger charge is 2.16. The minimum absolute atomic E-state index is 0.173. The van der Waals surface area contributed by atoms with Gasteiger partial charge in [0, 0.05) is 30.5 Å². The third-order valence-electron chi connectivity index (χ3n) is 5.55. The third-order valence-corrected chi connectivity index (χ3v) is 5.55. The van der Waals surface area contributed by atoms with E-state index >= 15 is 0 Å². The molecule has 1 N–H and O–H groups in total. The summed E-state index contributed by atoms with van der Waals surface area (Å²) in [5.41, 5.74) is 0.963. The average Bonchev–Trinajstić information content (AvgIpc) is 2.82. The molecule has 1 amide bonds. The van der Waals surface area contributed by atoms with Gasteiger partial charge >= 0.3 is 11.7 Å². The van der Waals surface area contributed by atoms with Gasteiger partial charge in [-0.3, -0.25) is 23.5 Å². The van der Waals surface area contributed by atoms with Crippen LogP contribution in [-0.4, -0.2) is 40.2 Å². The molecule has 1 heterocycles. The van der Waals surface area contributed by atoms with Gasteiger partial charge in [-0.1, -0.05) is 12.1 Å². The number of carbonyl (C=O) groups is 2. The Morgan fingerprint density at radius 2 is 1.68 bits per heavy atom. The molecular formula is C25H30N4O5. The largest absolute Gasteiger partial charge is 0.454 e. The van der Waals surface area contributed by atoms with Gasteiger partial charge in [-0.15, -0.1) is 0 Å². The van der Waals surface area contributed by atoms with Gasteiger partial charge < -0.3 is 15.0 Å². The minimum Gasteiger partial charge on any atom is -0.454 e. The van der Waals surface area contributed by atoms with Gasteiger partial charge in [-0.25, -0.2) is 4.79 Å². The first-order valence-electron chi connectivity index (χ1n) is 11.3. The summed E-state index contributed by atoms with van der Waals surface area (Å²) < 4.78 is 7.34. The molecule has 0 aliphatic heterocycles. The first kappa shape index (κ1) is 24.8. The number of fused-ring (bicyclic) bond motifs is 1. The molecule has 0 unspecified atom stereocenters. The highest BCUT2D eigenvalue weighted by Crippen LogP contribution is 2.19. The molecule has 2 aromatic carbocycles. The average molecular weight is 467 g/mol. The maximum absolute atomic E-state index is 12.7. The second-order valence-electron chi connectivity index (χ2n) is 8.07. The standard InChI is InChI=1S/C25H30N4O5/c1-5-27(17(3)4)19-13-11-18(12-14-19)26-22(30)16-34-23(31)15-29-21-10-8-7-9-20(21)24(32)28(6-2)25(29)33/h7-14,17H,5-6,15-16H2,1-4H3,(H,26,30). The molecule has 0 atom stereocenters. The lowest BCUT2D eigenvalue weighted by molar-refractivity contribution is -0.147. The van der Waals surface area contributed by atoms with Crippen LogP contribution < -0.4 is 21.5 Å². The van der Waals surface area contributed by atoms with E-state index in [1.165, 1.54) is 4.57 Å². The van der Waals surface area contributed by atoms with Crippen LogP contribution in [0.1, 0.15) is 27.7 Å². The fourth-order valence-corrected chi connectivity index (χ4v) is 3.90. The van der Waals surface area contributed by atoms with Crippen LogP contribution >= 0.6 is 0 Å². The molecule has 0 bridgehead atoms. The summed E-state index contributed by atoms with van der Waals surface area (Å²) in [7, 11) is 0. The van der Waals surface area contributed by atoms with E-state index in [9.17, 15) is 19.2 Å². The van der Waals surface area contributed by atoms with E-state index in [2.05, 4.69) is 31.0 Å². The molecule has 3 aromatic rings. The van der Waals surface area contributed by atoms with Gasteiger partial charge in [0.1, 0.15) is 6.54 Å². The number of hydrogen-bond acceptors (Lipinski definition) is 6. The topological polar surface area (TPSA) is 103 Å². The van der Waals surface area contributed by atoms with Crippen molar-refractivity contribution in [2.75, 3.05) is 23.4 Å². The van der Waals surface area contributed by atoms with Gasteiger partial charge in [0.05, 0.1) is 10.9 Å². The summed E-state index contributed by atoms with van der Waals surface area (Å²) in [6.07, 6.45) is 0. The Labute approximate surface area is 197 Å². The van der Waals surface area contributed by atoms with Crippen LogP contribution in [0, 0.1) is 0 Å². The van der Waals surface area contributed by atoms with Gasteiger partial charge in [0.2, 0.25) is 0 Å². The van der Waals surface area contributed by atoms with Crippen LogP contribution in [0.25, 0.3) is 10.9 Å². The van der Waals surface area contributed by atoms with Crippen LogP contribution in [0.5, 0.6) is 0 Å². The second kappa shape index (κ2) is 10.8. The van der Waals surface area contributed by atoms with Crippen LogP contribution in [-0.2, 0) is 27.4 Å². The summed E-state index contributed by atoms with van der Waals surface area (Å²) in [6, 6.07) is 14.3. The van der Waals surface area contributed by atoms with Gasteiger partial charge in [-0.05, 0) is 64.1 Å². The molecule has 0 saturated carbocycles. The number of nitrogens with zero attached hydrogens (tertiary/aromatic N) is 3. The van der Waals surface area contributed by atoms with Gasteiger partial charge in [0.15, 0.2) is 6.61 Å². The lowest BCUT2D eigenvalue weighted by Crippen LogP contribution is -2.41. The number of hydrogen-bond donors (Lipinski definition) is 1. The summed E-state index contributed by atoms with van der Waals surface area (Å²) >= 11 is 0. The zero-order valence-electron chi connectivity index (χ0n) is 19.9. The molecular weight excluding hydrogens is 436 g/mol. The smallest absolute Gasteiger partial charge is 0.332 e. The number of para-hydroxylation sites is 1. The monoisotopic (exact) mass is 466 g/mol. The predicted octanol–water partition coefficient (Wildman–Crippen LogP) is 2.60. The van der Waals surface area contributed by atoms with Crippen molar-refractivity contribution in [2.45, 2.75) is 46.8 Å². The SMILES string of the molecule is CCN(c1ccc(NC(=O)COC(=O)Cn2c(=O)n(CC)c(=O)c3ccccc32)cc1)C(C)C.